The van der Waals surface area contributed by atoms with Gasteiger partial charge >= 0.3 is 5.69 Å². The average Bonchev–Trinajstić information content (AvgIpc) is 3.18. The number of hydrogen-bond donors (Lipinski definition) is 2. The van der Waals surface area contributed by atoms with Crippen molar-refractivity contribution in [3.8, 4) is 0 Å². The van der Waals surface area contributed by atoms with Gasteiger partial charge in [0.25, 0.3) is 11.5 Å². The Bertz CT molecular complexity index is 1300. The first kappa shape index (κ1) is 25.5. The van der Waals surface area contributed by atoms with Crippen molar-refractivity contribution in [1.29, 1.82) is 0 Å². The Hall–Kier alpha value is -3.12. The van der Waals surface area contributed by atoms with Crippen molar-refractivity contribution in [2.45, 2.75) is 33.2 Å². The number of benzene rings is 1. The minimum absolute atomic E-state index is 0.0749. The molecule has 0 saturated carbocycles. The molecule has 0 unspecified atom stereocenters. The van der Waals surface area contributed by atoms with Crippen LogP contribution in [0.25, 0.3) is 0 Å². The number of nitrogens with one attached hydrogen (secondary N) is 1. The zero-order valence-electron chi connectivity index (χ0n) is 19.8. The maximum atomic E-state index is 13.6. The number of aromatic nitrogens is 2. The standard InChI is InChI=1S/C22H31N5O6S/c1-14(2)13-26-19(23)18(20(28)24-22(26)30)25(9-5-11-33-3)21(29)16-6-7-17-15(12-16)8-10-27(17)34(4,31)32/h6-7,12,14H,5,8-11,13,23H2,1-4H3,(H,24,28,30). The molecule has 1 aliphatic rings. The maximum Gasteiger partial charge on any atom is 0.330 e. The van der Waals surface area contributed by atoms with Gasteiger partial charge in [-0.1, -0.05) is 13.8 Å². The van der Waals surface area contributed by atoms with Gasteiger partial charge in [0.15, 0.2) is 5.69 Å². The molecule has 11 nitrogen and oxygen atoms in total. The number of amides is 1. The van der Waals surface area contributed by atoms with Crippen LogP contribution in [0, 0.1) is 5.92 Å². The van der Waals surface area contributed by atoms with Crippen LogP contribution in [-0.2, 0) is 27.7 Å². The lowest BCUT2D eigenvalue weighted by Gasteiger charge is -2.25. The van der Waals surface area contributed by atoms with Crippen LogP contribution in [0.4, 0.5) is 17.2 Å². The van der Waals surface area contributed by atoms with E-state index in [1.54, 1.807) is 12.1 Å². The van der Waals surface area contributed by atoms with Crippen molar-refractivity contribution in [3.63, 3.8) is 0 Å². The molecular formula is C22H31N5O6S. The number of anilines is 3. The Morgan fingerprint density at radius 1 is 1.29 bits per heavy atom. The van der Waals surface area contributed by atoms with Crippen LogP contribution >= 0.6 is 0 Å². The summed E-state index contributed by atoms with van der Waals surface area (Å²) < 4.78 is 31.7. The number of ether oxygens (including phenoxy) is 1. The highest BCUT2D eigenvalue weighted by molar-refractivity contribution is 7.92. The third-order valence-corrected chi connectivity index (χ3v) is 6.77. The van der Waals surface area contributed by atoms with E-state index in [1.807, 2.05) is 13.8 Å². The van der Waals surface area contributed by atoms with Gasteiger partial charge in [-0.05, 0) is 42.5 Å². The number of nitrogen functional groups attached to an aromatic ring is 1. The number of fused-ring (bicyclic) bond motifs is 1. The Balaban J connectivity index is 2.07. The number of sulfonamides is 1. The second-order valence-electron chi connectivity index (χ2n) is 8.73. The lowest BCUT2D eigenvalue weighted by Crippen LogP contribution is -2.42. The summed E-state index contributed by atoms with van der Waals surface area (Å²) in [5.41, 5.74) is 6.31. The summed E-state index contributed by atoms with van der Waals surface area (Å²) in [4.78, 5) is 42.3. The molecule has 0 aliphatic carbocycles. The second-order valence-corrected chi connectivity index (χ2v) is 10.6. The number of nitrogens with zero attached hydrogens (tertiary/aromatic N) is 3. The number of carbonyl (C=O) groups is 1. The van der Waals surface area contributed by atoms with Crippen LogP contribution in [0.3, 0.4) is 0 Å². The van der Waals surface area contributed by atoms with Gasteiger partial charge in [0.1, 0.15) is 5.82 Å². The predicted octanol–water partition coefficient (Wildman–Crippen LogP) is 0.780. The third kappa shape index (κ3) is 5.17. The minimum atomic E-state index is -3.42. The molecule has 1 aliphatic heterocycles. The summed E-state index contributed by atoms with van der Waals surface area (Å²) in [6.45, 7) is 4.86. The highest BCUT2D eigenvalue weighted by atomic mass is 32.2. The van der Waals surface area contributed by atoms with Crippen molar-refractivity contribution in [1.82, 2.24) is 9.55 Å². The summed E-state index contributed by atoms with van der Waals surface area (Å²) in [5.74, 6) is -0.493. The normalized spacial score (nSPS) is 13.4. The van der Waals surface area contributed by atoms with E-state index in [-0.39, 0.29) is 36.1 Å². The number of rotatable bonds is 9. The molecule has 2 aromatic rings. The Morgan fingerprint density at radius 3 is 2.62 bits per heavy atom. The molecule has 3 rings (SSSR count). The number of carbonyl (C=O) groups excluding carboxylic acids is 1. The molecule has 34 heavy (non-hydrogen) atoms. The molecule has 186 valence electrons. The molecule has 0 bridgehead atoms. The molecule has 1 aromatic carbocycles. The van der Waals surface area contributed by atoms with Gasteiger partial charge in [0, 0.05) is 38.9 Å². The van der Waals surface area contributed by atoms with E-state index in [4.69, 9.17) is 10.5 Å². The van der Waals surface area contributed by atoms with Gasteiger partial charge in [-0.2, -0.15) is 0 Å². The number of nitrogens with two attached hydrogens (primary N) is 1. The molecule has 0 radical (unpaired) electrons. The summed E-state index contributed by atoms with van der Waals surface area (Å²) in [7, 11) is -1.89. The summed E-state index contributed by atoms with van der Waals surface area (Å²) >= 11 is 0. The zero-order valence-corrected chi connectivity index (χ0v) is 20.6. The van der Waals surface area contributed by atoms with Gasteiger partial charge in [0.05, 0.1) is 11.9 Å². The highest BCUT2D eigenvalue weighted by Crippen LogP contribution is 2.31. The minimum Gasteiger partial charge on any atom is -0.385 e. The fourth-order valence-electron chi connectivity index (χ4n) is 4.07. The molecule has 0 saturated heterocycles. The van der Waals surface area contributed by atoms with Gasteiger partial charge in [-0.3, -0.25) is 23.4 Å². The quantitative estimate of drug-likeness (QED) is 0.491. The van der Waals surface area contributed by atoms with Crippen molar-refractivity contribution in [3.05, 3.63) is 50.2 Å². The van der Waals surface area contributed by atoms with Crippen LogP contribution in [0.5, 0.6) is 0 Å². The summed E-state index contributed by atoms with van der Waals surface area (Å²) in [6, 6.07) is 4.76. The summed E-state index contributed by atoms with van der Waals surface area (Å²) in [5, 5.41) is 0. The Labute approximate surface area is 198 Å². The van der Waals surface area contributed by atoms with E-state index < -0.39 is 27.2 Å². The largest absolute Gasteiger partial charge is 0.385 e. The van der Waals surface area contributed by atoms with Gasteiger partial charge in [0.2, 0.25) is 10.0 Å². The molecule has 12 heteroatoms. The van der Waals surface area contributed by atoms with Crippen LogP contribution < -0.4 is 26.2 Å². The number of aromatic amines is 1. The summed E-state index contributed by atoms with van der Waals surface area (Å²) in [6.07, 6.45) is 2.03. The molecule has 3 N–H and O–H groups in total. The first-order valence-corrected chi connectivity index (χ1v) is 12.8. The van der Waals surface area contributed by atoms with Crippen molar-refractivity contribution < 1.29 is 17.9 Å². The molecule has 1 amide bonds. The third-order valence-electron chi connectivity index (χ3n) is 5.59. The molecule has 2 heterocycles. The molecule has 0 fully saturated rings. The van der Waals surface area contributed by atoms with Crippen molar-refractivity contribution >= 4 is 33.1 Å². The maximum absolute atomic E-state index is 13.6. The van der Waals surface area contributed by atoms with Gasteiger partial charge in [-0.15, -0.1) is 0 Å². The Morgan fingerprint density at radius 2 is 2.00 bits per heavy atom. The van der Waals surface area contributed by atoms with Gasteiger partial charge in [-0.25, -0.2) is 13.2 Å². The molecule has 0 spiro atoms. The van der Waals surface area contributed by atoms with E-state index >= 15 is 0 Å². The number of methoxy groups -OCH3 is 1. The SMILES string of the molecule is COCCCN(C(=O)c1ccc2c(c1)CCN2S(C)(=O)=O)c1c(N)n(CC(C)C)c(=O)[nH]c1=O. The second kappa shape index (κ2) is 10.0. The molecular weight excluding hydrogens is 462 g/mol. The van der Waals surface area contributed by atoms with E-state index in [0.717, 1.165) is 11.8 Å². The zero-order chi connectivity index (χ0) is 25.2. The van der Waals surface area contributed by atoms with Crippen molar-refractivity contribution in [2.75, 3.05) is 48.0 Å². The lowest BCUT2D eigenvalue weighted by atomic mass is 10.1. The topological polar surface area (TPSA) is 148 Å². The Kier molecular flexibility index (Phi) is 7.51. The predicted molar refractivity (Wildman–Crippen MR) is 131 cm³/mol. The van der Waals surface area contributed by atoms with Crippen LogP contribution in [-0.4, -0.2) is 56.9 Å². The average molecular weight is 494 g/mol. The van der Waals surface area contributed by atoms with E-state index in [0.29, 0.717) is 31.7 Å². The van der Waals surface area contributed by atoms with Crippen LogP contribution in [0.1, 0.15) is 36.2 Å². The fraction of sp³-hybridized carbons (Fsp3) is 0.500. The highest BCUT2D eigenvalue weighted by Gasteiger charge is 2.29. The number of hydrogen-bond acceptors (Lipinski definition) is 7. The first-order valence-electron chi connectivity index (χ1n) is 11.0. The fourth-order valence-corrected chi connectivity index (χ4v) is 5.03. The van der Waals surface area contributed by atoms with Crippen LogP contribution in [0.15, 0.2) is 27.8 Å². The number of H-pyrrole nitrogens is 1. The molecule has 0 atom stereocenters. The van der Waals surface area contributed by atoms with Gasteiger partial charge < -0.3 is 15.4 Å². The van der Waals surface area contributed by atoms with E-state index in [1.165, 1.54) is 26.9 Å². The van der Waals surface area contributed by atoms with E-state index in [2.05, 4.69) is 4.98 Å². The smallest absolute Gasteiger partial charge is 0.330 e. The van der Waals surface area contributed by atoms with Crippen molar-refractivity contribution in [2.24, 2.45) is 5.92 Å². The lowest BCUT2D eigenvalue weighted by molar-refractivity contribution is 0.0983. The first-order chi connectivity index (χ1) is 16.0. The monoisotopic (exact) mass is 493 g/mol. The van der Waals surface area contributed by atoms with E-state index in [9.17, 15) is 22.8 Å². The van der Waals surface area contributed by atoms with Crippen LogP contribution in [0.2, 0.25) is 0 Å². The molecule has 1 aromatic heterocycles.